The van der Waals surface area contributed by atoms with Crippen LogP contribution in [0.5, 0.6) is 0 Å². The minimum absolute atomic E-state index is 0.628. The Morgan fingerprint density at radius 3 is 2.67 bits per heavy atom. The summed E-state index contributed by atoms with van der Waals surface area (Å²) in [5.41, 5.74) is 3.85. The molecule has 0 aliphatic heterocycles. The van der Waals surface area contributed by atoms with Crippen molar-refractivity contribution in [3.05, 3.63) is 35.9 Å². The average Bonchev–Trinajstić information content (AvgIpc) is 2.31. The van der Waals surface area contributed by atoms with Gasteiger partial charge in [-0.05, 0) is 18.4 Å². The average molecular weight is 206 g/mol. The third kappa shape index (κ3) is 4.46. The fourth-order valence-electron chi connectivity index (χ4n) is 1.34. The second kappa shape index (κ2) is 6.84. The first-order valence-electron chi connectivity index (χ1n) is 5.08. The maximum absolute atomic E-state index is 5.23. The first kappa shape index (κ1) is 11.5. The van der Waals surface area contributed by atoms with Gasteiger partial charge < -0.3 is 5.32 Å². The van der Waals surface area contributed by atoms with Crippen LogP contribution in [0.4, 0.5) is 0 Å². The molecule has 4 nitrogen and oxygen atoms in total. The van der Waals surface area contributed by atoms with Gasteiger partial charge in [0.1, 0.15) is 0 Å². The number of nitrogens with zero attached hydrogens (tertiary/aromatic N) is 1. The second-order valence-electron chi connectivity index (χ2n) is 3.23. The Kier molecular flexibility index (Phi) is 5.25. The van der Waals surface area contributed by atoms with Gasteiger partial charge in [0.15, 0.2) is 0 Å². The molecule has 1 aromatic rings. The van der Waals surface area contributed by atoms with Crippen molar-refractivity contribution in [1.29, 1.82) is 0 Å². The molecule has 0 amide bonds. The number of rotatable bonds is 4. The monoisotopic (exact) mass is 206 g/mol. The van der Waals surface area contributed by atoms with Gasteiger partial charge in [-0.25, -0.2) is 5.84 Å². The van der Waals surface area contributed by atoms with Gasteiger partial charge in [-0.1, -0.05) is 30.3 Å². The van der Waals surface area contributed by atoms with Crippen LogP contribution >= 0.6 is 0 Å². The summed E-state index contributed by atoms with van der Waals surface area (Å²) in [4.78, 5) is 3.92. The van der Waals surface area contributed by atoms with Crippen LogP contribution in [0.3, 0.4) is 0 Å². The summed E-state index contributed by atoms with van der Waals surface area (Å²) < 4.78 is 0. The van der Waals surface area contributed by atoms with Crippen molar-refractivity contribution in [2.75, 3.05) is 13.6 Å². The van der Waals surface area contributed by atoms with E-state index >= 15 is 0 Å². The highest BCUT2D eigenvalue weighted by molar-refractivity contribution is 5.78. The Balaban J connectivity index is 2.17. The summed E-state index contributed by atoms with van der Waals surface area (Å²) in [5.74, 6) is 5.86. The number of aliphatic imine (C=N–C) groups is 1. The molecule has 0 fully saturated rings. The predicted molar refractivity (Wildman–Crippen MR) is 63.4 cm³/mol. The number of hydrogen-bond acceptors (Lipinski definition) is 2. The van der Waals surface area contributed by atoms with Crippen molar-refractivity contribution in [3.63, 3.8) is 0 Å². The maximum atomic E-state index is 5.23. The first-order valence-corrected chi connectivity index (χ1v) is 5.08. The molecular formula is C11H18N4. The first-order chi connectivity index (χ1) is 7.36. The maximum Gasteiger partial charge on any atom is 0.205 e. The van der Waals surface area contributed by atoms with Gasteiger partial charge in [0.2, 0.25) is 5.96 Å². The quantitative estimate of drug-likeness (QED) is 0.223. The molecule has 0 heterocycles. The topological polar surface area (TPSA) is 62.4 Å². The summed E-state index contributed by atoms with van der Waals surface area (Å²) in [5, 5.41) is 3.10. The summed E-state index contributed by atoms with van der Waals surface area (Å²) in [6.07, 6.45) is 2.13. The van der Waals surface area contributed by atoms with Gasteiger partial charge in [0.25, 0.3) is 0 Å². The van der Waals surface area contributed by atoms with Crippen molar-refractivity contribution in [3.8, 4) is 0 Å². The van der Waals surface area contributed by atoms with E-state index in [0.29, 0.717) is 5.96 Å². The number of nitrogens with one attached hydrogen (secondary N) is 2. The van der Waals surface area contributed by atoms with Crippen LogP contribution in [-0.4, -0.2) is 19.6 Å². The lowest BCUT2D eigenvalue weighted by Crippen LogP contribution is -2.41. The van der Waals surface area contributed by atoms with Crippen molar-refractivity contribution in [1.82, 2.24) is 10.7 Å². The molecule has 0 aliphatic rings. The third-order valence-electron chi connectivity index (χ3n) is 2.14. The second-order valence-corrected chi connectivity index (χ2v) is 3.23. The highest BCUT2D eigenvalue weighted by atomic mass is 15.3. The standard InChI is InChI=1S/C11H18N4/c1-13-11(15-12)14-9-5-8-10-6-3-2-4-7-10/h2-4,6-7H,5,8-9,12H2,1H3,(H2,13,14,15). The van der Waals surface area contributed by atoms with E-state index < -0.39 is 0 Å². The minimum Gasteiger partial charge on any atom is -0.355 e. The number of hydrazine groups is 1. The lowest BCUT2D eigenvalue weighted by atomic mass is 10.1. The number of benzene rings is 1. The molecule has 0 unspecified atom stereocenters. The molecule has 82 valence electrons. The molecule has 0 spiro atoms. The zero-order valence-corrected chi connectivity index (χ0v) is 9.03. The highest BCUT2D eigenvalue weighted by Gasteiger charge is 1.94. The van der Waals surface area contributed by atoms with Crippen LogP contribution in [0.25, 0.3) is 0 Å². The molecule has 0 saturated heterocycles. The van der Waals surface area contributed by atoms with Gasteiger partial charge in [-0.15, -0.1) is 0 Å². The zero-order valence-electron chi connectivity index (χ0n) is 9.03. The normalized spacial score (nSPS) is 11.2. The van der Waals surface area contributed by atoms with Crippen LogP contribution in [0, 0.1) is 0 Å². The predicted octanol–water partition coefficient (Wildman–Crippen LogP) is 0.658. The molecule has 1 aromatic carbocycles. The van der Waals surface area contributed by atoms with E-state index in [1.165, 1.54) is 5.56 Å². The number of nitrogens with two attached hydrogens (primary N) is 1. The van der Waals surface area contributed by atoms with E-state index in [4.69, 9.17) is 5.84 Å². The van der Waals surface area contributed by atoms with E-state index in [2.05, 4.69) is 40.0 Å². The Bertz CT molecular complexity index is 295. The molecule has 0 radical (unpaired) electrons. The Hall–Kier alpha value is -1.55. The van der Waals surface area contributed by atoms with E-state index in [0.717, 1.165) is 19.4 Å². The molecule has 0 saturated carbocycles. The molecule has 1 rings (SSSR count). The highest BCUT2D eigenvalue weighted by Crippen LogP contribution is 2.01. The lowest BCUT2D eigenvalue weighted by molar-refractivity contribution is 0.750. The molecule has 4 heteroatoms. The molecule has 0 aliphatic carbocycles. The van der Waals surface area contributed by atoms with Crippen LogP contribution in [-0.2, 0) is 6.42 Å². The van der Waals surface area contributed by atoms with Gasteiger partial charge in [0, 0.05) is 13.6 Å². The van der Waals surface area contributed by atoms with E-state index in [1.807, 2.05) is 6.07 Å². The van der Waals surface area contributed by atoms with Crippen LogP contribution in [0.2, 0.25) is 0 Å². The molecule has 0 bridgehead atoms. The van der Waals surface area contributed by atoms with Crippen molar-refractivity contribution < 1.29 is 0 Å². The van der Waals surface area contributed by atoms with E-state index in [9.17, 15) is 0 Å². The van der Waals surface area contributed by atoms with E-state index in [-0.39, 0.29) is 0 Å². The minimum atomic E-state index is 0.628. The van der Waals surface area contributed by atoms with Crippen molar-refractivity contribution in [2.24, 2.45) is 10.8 Å². The number of hydrogen-bond donors (Lipinski definition) is 3. The number of guanidine groups is 1. The van der Waals surface area contributed by atoms with Crippen LogP contribution in [0.1, 0.15) is 12.0 Å². The molecule has 0 atom stereocenters. The Morgan fingerprint density at radius 2 is 2.07 bits per heavy atom. The molecule has 4 N–H and O–H groups in total. The third-order valence-corrected chi connectivity index (χ3v) is 2.14. The van der Waals surface area contributed by atoms with Crippen LogP contribution in [0.15, 0.2) is 35.3 Å². The SMILES string of the molecule is CN=C(NN)NCCCc1ccccc1. The van der Waals surface area contributed by atoms with Gasteiger partial charge in [-0.3, -0.25) is 10.4 Å². The van der Waals surface area contributed by atoms with Gasteiger partial charge in [0.05, 0.1) is 0 Å². The van der Waals surface area contributed by atoms with Crippen molar-refractivity contribution in [2.45, 2.75) is 12.8 Å². The fourth-order valence-corrected chi connectivity index (χ4v) is 1.34. The van der Waals surface area contributed by atoms with Crippen LogP contribution < -0.4 is 16.6 Å². The Morgan fingerprint density at radius 1 is 1.33 bits per heavy atom. The summed E-state index contributed by atoms with van der Waals surface area (Å²) in [6, 6.07) is 10.4. The summed E-state index contributed by atoms with van der Waals surface area (Å²) in [7, 11) is 1.69. The Labute approximate surface area is 90.6 Å². The van der Waals surface area contributed by atoms with Gasteiger partial charge >= 0.3 is 0 Å². The van der Waals surface area contributed by atoms with Crippen molar-refractivity contribution >= 4 is 5.96 Å². The summed E-state index contributed by atoms with van der Waals surface area (Å²) >= 11 is 0. The van der Waals surface area contributed by atoms with Gasteiger partial charge in [-0.2, -0.15) is 0 Å². The number of aryl methyl sites for hydroxylation is 1. The lowest BCUT2D eigenvalue weighted by Gasteiger charge is -2.07. The summed E-state index contributed by atoms with van der Waals surface area (Å²) in [6.45, 7) is 0.867. The van der Waals surface area contributed by atoms with E-state index in [1.54, 1.807) is 7.05 Å². The zero-order chi connectivity index (χ0) is 10.9. The molecule has 15 heavy (non-hydrogen) atoms. The fraction of sp³-hybridized carbons (Fsp3) is 0.364. The molecular weight excluding hydrogens is 188 g/mol. The molecule has 0 aromatic heterocycles. The largest absolute Gasteiger partial charge is 0.355 e. The smallest absolute Gasteiger partial charge is 0.205 e.